The molecule has 3 aromatic rings. The van der Waals surface area contributed by atoms with Gasteiger partial charge in [0, 0.05) is 36.5 Å². The first-order valence-corrected chi connectivity index (χ1v) is 10.0. The lowest BCUT2D eigenvalue weighted by atomic mass is 10.1. The van der Waals surface area contributed by atoms with Gasteiger partial charge in [-0.15, -0.1) is 0 Å². The number of imidazole rings is 1. The number of hydrogen-bond acceptors (Lipinski definition) is 5. The van der Waals surface area contributed by atoms with E-state index in [1.165, 1.54) is 0 Å². The average molecular weight is 422 g/mol. The summed E-state index contributed by atoms with van der Waals surface area (Å²) in [7, 11) is 0. The number of hydrogen-bond donors (Lipinski definition) is 3. The molecule has 0 radical (unpaired) electrons. The highest BCUT2D eigenvalue weighted by Crippen LogP contribution is 2.20. The minimum atomic E-state index is -0.538. The van der Waals surface area contributed by atoms with Crippen molar-refractivity contribution in [3.05, 3.63) is 59.9 Å². The smallest absolute Gasteiger partial charge is 0.308 e. The number of carbonyl (C=O) groups is 2. The van der Waals surface area contributed by atoms with Gasteiger partial charge in [-0.05, 0) is 50.6 Å². The molecule has 0 bridgehead atoms. The molecule has 0 saturated heterocycles. The maximum absolute atomic E-state index is 12.3. The van der Waals surface area contributed by atoms with Crippen LogP contribution in [0.2, 0.25) is 0 Å². The van der Waals surface area contributed by atoms with Gasteiger partial charge in [0.1, 0.15) is 11.2 Å². The van der Waals surface area contributed by atoms with Crippen LogP contribution in [0.5, 0.6) is 0 Å². The second-order valence-corrected chi connectivity index (χ2v) is 8.30. The first-order valence-electron chi connectivity index (χ1n) is 10.0. The third-order valence-electron chi connectivity index (χ3n) is 4.40. The molecule has 162 valence electrons. The van der Waals surface area contributed by atoms with Crippen LogP contribution in [0.3, 0.4) is 0 Å². The van der Waals surface area contributed by atoms with Gasteiger partial charge in [-0.1, -0.05) is 12.1 Å². The molecule has 1 amide bonds. The number of esters is 1. The molecule has 0 unspecified atom stereocenters. The molecule has 0 atom stereocenters. The fraction of sp³-hybridized carbons (Fsp3) is 0.304. The van der Waals surface area contributed by atoms with Crippen molar-refractivity contribution in [1.82, 2.24) is 14.7 Å². The number of ether oxygens (including phenoxy) is 1. The highest BCUT2D eigenvalue weighted by Gasteiger charge is 2.16. The summed E-state index contributed by atoms with van der Waals surface area (Å²) in [5, 5.41) is 10.2. The van der Waals surface area contributed by atoms with Crippen LogP contribution in [-0.2, 0) is 16.0 Å². The molecule has 8 nitrogen and oxygen atoms in total. The molecule has 0 spiro atoms. The predicted molar refractivity (Wildman–Crippen MR) is 119 cm³/mol. The second-order valence-electron chi connectivity index (χ2n) is 8.30. The lowest BCUT2D eigenvalue weighted by Gasteiger charge is -2.19. The SMILES string of the molecule is CC(C)(C)OC(=O)CCNC(=O)c1ccc(-c2cn3ccc(CC(=N)N)cc3n2)cc1. The summed E-state index contributed by atoms with van der Waals surface area (Å²) in [6, 6.07) is 10.9. The highest BCUT2D eigenvalue weighted by molar-refractivity contribution is 5.94. The molecule has 2 heterocycles. The van der Waals surface area contributed by atoms with Crippen molar-refractivity contribution in [1.29, 1.82) is 5.41 Å². The van der Waals surface area contributed by atoms with Crippen molar-refractivity contribution in [2.24, 2.45) is 5.73 Å². The Morgan fingerprint density at radius 2 is 1.90 bits per heavy atom. The standard InChI is InChI=1S/C23H27N5O3/c1-23(2,3)31-21(29)8-10-26-22(30)17-6-4-16(5-7-17)18-14-28-11-9-15(12-19(24)25)13-20(28)27-18/h4-7,9,11,13-14H,8,10,12H2,1-3H3,(H3,24,25)(H,26,30). The van der Waals surface area contributed by atoms with E-state index in [-0.39, 0.29) is 30.7 Å². The Hall–Kier alpha value is -3.68. The second kappa shape index (κ2) is 8.99. The fourth-order valence-corrected chi connectivity index (χ4v) is 3.06. The third-order valence-corrected chi connectivity index (χ3v) is 4.40. The topological polar surface area (TPSA) is 123 Å². The Balaban J connectivity index is 1.62. The van der Waals surface area contributed by atoms with Crippen molar-refractivity contribution in [2.75, 3.05) is 6.54 Å². The molecular formula is C23H27N5O3. The van der Waals surface area contributed by atoms with E-state index in [0.717, 1.165) is 22.5 Å². The number of nitrogens with zero attached hydrogens (tertiary/aromatic N) is 2. The quantitative estimate of drug-likeness (QED) is 0.307. The van der Waals surface area contributed by atoms with Crippen LogP contribution in [0.15, 0.2) is 48.8 Å². The summed E-state index contributed by atoms with van der Waals surface area (Å²) >= 11 is 0. The number of amides is 1. The van der Waals surface area contributed by atoms with Crippen LogP contribution in [0.4, 0.5) is 0 Å². The molecule has 0 aliphatic heterocycles. The van der Waals surface area contributed by atoms with Gasteiger partial charge < -0.3 is 20.2 Å². The predicted octanol–water partition coefficient (Wildman–Crippen LogP) is 2.94. The summed E-state index contributed by atoms with van der Waals surface area (Å²) in [5.41, 5.74) is 8.78. The number of nitrogens with one attached hydrogen (secondary N) is 2. The molecular weight excluding hydrogens is 394 g/mol. The molecule has 0 saturated carbocycles. The summed E-state index contributed by atoms with van der Waals surface area (Å²) < 4.78 is 7.12. The zero-order valence-electron chi connectivity index (χ0n) is 17.9. The van der Waals surface area contributed by atoms with Crippen LogP contribution >= 0.6 is 0 Å². The normalized spacial score (nSPS) is 11.3. The third kappa shape index (κ3) is 6.15. The molecule has 1 aromatic carbocycles. The van der Waals surface area contributed by atoms with Gasteiger partial charge >= 0.3 is 5.97 Å². The van der Waals surface area contributed by atoms with E-state index in [4.69, 9.17) is 15.9 Å². The molecule has 0 aliphatic rings. The van der Waals surface area contributed by atoms with Crippen molar-refractivity contribution in [3.8, 4) is 11.3 Å². The summed E-state index contributed by atoms with van der Waals surface area (Å²) in [6.07, 6.45) is 4.30. The van der Waals surface area contributed by atoms with Gasteiger partial charge in [-0.25, -0.2) is 4.98 Å². The molecule has 4 N–H and O–H groups in total. The number of nitrogens with two attached hydrogens (primary N) is 1. The van der Waals surface area contributed by atoms with Crippen LogP contribution < -0.4 is 11.1 Å². The maximum atomic E-state index is 12.3. The van der Waals surface area contributed by atoms with Crippen LogP contribution in [0.1, 0.15) is 43.1 Å². The highest BCUT2D eigenvalue weighted by atomic mass is 16.6. The minimum absolute atomic E-state index is 0.107. The van der Waals surface area contributed by atoms with Gasteiger partial charge in [0.2, 0.25) is 0 Å². The Morgan fingerprint density at radius 1 is 1.19 bits per heavy atom. The van der Waals surface area contributed by atoms with Gasteiger partial charge in [0.25, 0.3) is 5.91 Å². The molecule has 8 heteroatoms. The van der Waals surface area contributed by atoms with Crippen molar-refractivity contribution >= 4 is 23.4 Å². The van der Waals surface area contributed by atoms with Crippen molar-refractivity contribution in [3.63, 3.8) is 0 Å². The van der Waals surface area contributed by atoms with E-state index in [9.17, 15) is 9.59 Å². The molecule has 2 aromatic heterocycles. The van der Waals surface area contributed by atoms with Gasteiger partial charge in [-0.2, -0.15) is 0 Å². The monoisotopic (exact) mass is 421 g/mol. The molecule has 0 aliphatic carbocycles. The number of pyridine rings is 1. The lowest BCUT2D eigenvalue weighted by molar-refractivity contribution is -0.154. The fourth-order valence-electron chi connectivity index (χ4n) is 3.06. The van der Waals surface area contributed by atoms with Gasteiger partial charge in [0.05, 0.1) is 18.0 Å². The molecule has 31 heavy (non-hydrogen) atoms. The van der Waals surface area contributed by atoms with E-state index >= 15 is 0 Å². The van der Waals surface area contributed by atoms with E-state index in [1.54, 1.807) is 32.9 Å². The molecule has 0 fully saturated rings. The summed E-state index contributed by atoms with van der Waals surface area (Å²) in [4.78, 5) is 28.7. The Bertz CT molecular complexity index is 1110. The van der Waals surface area contributed by atoms with E-state index in [2.05, 4.69) is 10.3 Å². The van der Waals surface area contributed by atoms with Crippen molar-refractivity contribution < 1.29 is 14.3 Å². The first-order chi connectivity index (χ1) is 14.6. The number of amidine groups is 1. The lowest BCUT2D eigenvalue weighted by Crippen LogP contribution is -2.29. The summed E-state index contributed by atoms with van der Waals surface area (Å²) in [5.74, 6) is -0.489. The first kappa shape index (κ1) is 22.0. The average Bonchev–Trinajstić information content (AvgIpc) is 3.09. The van der Waals surface area contributed by atoms with E-state index in [1.807, 2.05) is 41.1 Å². The van der Waals surface area contributed by atoms with Gasteiger partial charge in [-0.3, -0.25) is 15.0 Å². The van der Waals surface area contributed by atoms with E-state index in [0.29, 0.717) is 12.0 Å². The summed E-state index contributed by atoms with van der Waals surface area (Å²) in [6.45, 7) is 5.63. The number of aromatic nitrogens is 2. The Labute approximate surface area is 180 Å². The number of rotatable bonds is 7. The maximum Gasteiger partial charge on any atom is 0.308 e. The Morgan fingerprint density at radius 3 is 2.55 bits per heavy atom. The van der Waals surface area contributed by atoms with Crippen LogP contribution in [-0.4, -0.2) is 39.2 Å². The van der Waals surface area contributed by atoms with Crippen LogP contribution in [0, 0.1) is 5.41 Å². The van der Waals surface area contributed by atoms with Crippen molar-refractivity contribution in [2.45, 2.75) is 39.2 Å². The zero-order chi connectivity index (χ0) is 22.6. The minimum Gasteiger partial charge on any atom is -0.460 e. The number of carbonyl (C=O) groups excluding carboxylic acids is 2. The number of fused-ring (bicyclic) bond motifs is 1. The largest absolute Gasteiger partial charge is 0.460 e. The molecule has 3 rings (SSSR count). The van der Waals surface area contributed by atoms with E-state index < -0.39 is 5.60 Å². The zero-order valence-corrected chi connectivity index (χ0v) is 17.9. The van der Waals surface area contributed by atoms with Crippen LogP contribution in [0.25, 0.3) is 16.9 Å². The Kier molecular flexibility index (Phi) is 6.39. The van der Waals surface area contributed by atoms with Gasteiger partial charge in [0.15, 0.2) is 0 Å². The number of benzene rings is 1.